The van der Waals surface area contributed by atoms with Gasteiger partial charge in [0.2, 0.25) is 0 Å². The van der Waals surface area contributed by atoms with Crippen LogP contribution >= 0.6 is 12.4 Å². The lowest BCUT2D eigenvalue weighted by atomic mass is 10.0. The number of aromatic hydroxyl groups is 1. The fourth-order valence-electron chi connectivity index (χ4n) is 2.41. The summed E-state index contributed by atoms with van der Waals surface area (Å²) in [7, 11) is 0. The van der Waals surface area contributed by atoms with Gasteiger partial charge in [-0.1, -0.05) is 30.3 Å². The maximum atomic E-state index is 12.2. The van der Waals surface area contributed by atoms with E-state index in [1.54, 1.807) is 0 Å². The van der Waals surface area contributed by atoms with Crippen molar-refractivity contribution in [1.82, 2.24) is 5.32 Å². The van der Waals surface area contributed by atoms with Gasteiger partial charge < -0.3 is 16.2 Å². The molecule has 0 aliphatic carbocycles. The van der Waals surface area contributed by atoms with Gasteiger partial charge in [-0.25, -0.2) is 0 Å². The molecule has 0 bridgehead atoms. The third-order valence-corrected chi connectivity index (χ3v) is 3.90. The van der Waals surface area contributed by atoms with Gasteiger partial charge in [-0.3, -0.25) is 9.59 Å². The lowest BCUT2D eigenvalue weighted by Crippen LogP contribution is -2.32. The maximum Gasteiger partial charge on any atom is 0.252 e. The summed E-state index contributed by atoms with van der Waals surface area (Å²) < 4.78 is 0. The summed E-state index contributed by atoms with van der Waals surface area (Å²) in [6.45, 7) is 2.20. The maximum absolute atomic E-state index is 12.2. The van der Waals surface area contributed by atoms with Crippen molar-refractivity contribution in [1.29, 1.82) is 0 Å². The molecule has 0 spiro atoms. The zero-order chi connectivity index (χ0) is 17.5. The minimum atomic E-state index is -0.758. The number of amides is 1. The Labute approximate surface area is 153 Å². The average molecular weight is 363 g/mol. The Morgan fingerprint density at radius 2 is 1.84 bits per heavy atom. The van der Waals surface area contributed by atoms with E-state index in [-0.39, 0.29) is 42.1 Å². The number of phenols is 1. The van der Waals surface area contributed by atoms with E-state index in [1.807, 2.05) is 25.1 Å². The lowest BCUT2D eigenvalue weighted by Gasteiger charge is -2.13. The normalized spacial score (nSPS) is 11.4. The second kappa shape index (κ2) is 9.81. The number of hydrogen-bond acceptors (Lipinski definition) is 4. The molecule has 2 rings (SSSR count). The molecule has 0 heterocycles. The molecule has 0 radical (unpaired) electrons. The van der Waals surface area contributed by atoms with Gasteiger partial charge in [0.15, 0.2) is 5.78 Å². The van der Waals surface area contributed by atoms with Crippen molar-refractivity contribution in [3.8, 4) is 5.75 Å². The molecule has 1 amide bonds. The number of benzene rings is 2. The van der Waals surface area contributed by atoms with Crippen LogP contribution in [0.4, 0.5) is 0 Å². The molecular formula is C19H23ClN2O3. The van der Waals surface area contributed by atoms with E-state index in [4.69, 9.17) is 5.73 Å². The van der Waals surface area contributed by atoms with Crippen molar-refractivity contribution in [3.63, 3.8) is 0 Å². The monoisotopic (exact) mass is 362 g/mol. The Morgan fingerprint density at radius 1 is 1.16 bits per heavy atom. The number of nitrogens with two attached hydrogens (primary N) is 1. The summed E-state index contributed by atoms with van der Waals surface area (Å²) in [6.07, 6.45) is 1.85. The molecule has 25 heavy (non-hydrogen) atoms. The molecule has 2 aromatic rings. The van der Waals surface area contributed by atoms with E-state index in [1.165, 1.54) is 23.8 Å². The van der Waals surface area contributed by atoms with E-state index in [0.717, 1.165) is 12.8 Å². The van der Waals surface area contributed by atoms with Crippen molar-refractivity contribution in [3.05, 3.63) is 65.2 Å². The standard InChI is InChI=1S/C19H22N2O3.ClH/c1-13(7-8-14-5-3-2-4-6-14)21-12-18(23)15-9-10-17(22)16(11-15)19(20)24;/h2-6,9-11,13,21-22H,7-8,12H2,1H3,(H2,20,24);1H. The van der Waals surface area contributed by atoms with E-state index in [2.05, 4.69) is 17.4 Å². The first-order valence-corrected chi connectivity index (χ1v) is 7.90. The van der Waals surface area contributed by atoms with Gasteiger partial charge in [0, 0.05) is 11.6 Å². The highest BCUT2D eigenvalue weighted by Crippen LogP contribution is 2.18. The molecule has 134 valence electrons. The molecule has 1 unspecified atom stereocenters. The fraction of sp³-hybridized carbons (Fsp3) is 0.263. The van der Waals surface area contributed by atoms with Gasteiger partial charge in [0.1, 0.15) is 5.75 Å². The van der Waals surface area contributed by atoms with Crippen LogP contribution in [0.3, 0.4) is 0 Å². The number of halogens is 1. The second-order valence-corrected chi connectivity index (χ2v) is 5.83. The Morgan fingerprint density at radius 3 is 2.48 bits per heavy atom. The molecule has 6 heteroatoms. The van der Waals surface area contributed by atoms with Gasteiger partial charge in [0.05, 0.1) is 12.1 Å². The summed E-state index contributed by atoms with van der Waals surface area (Å²) in [5, 5.41) is 12.7. The van der Waals surface area contributed by atoms with Crippen molar-refractivity contribution >= 4 is 24.1 Å². The zero-order valence-electron chi connectivity index (χ0n) is 14.1. The third-order valence-electron chi connectivity index (χ3n) is 3.90. The first-order valence-electron chi connectivity index (χ1n) is 7.90. The van der Waals surface area contributed by atoms with E-state index in [9.17, 15) is 14.7 Å². The molecular weight excluding hydrogens is 340 g/mol. The van der Waals surface area contributed by atoms with Crippen LogP contribution in [0.1, 0.15) is 39.6 Å². The van der Waals surface area contributed by atoms with Gasteiger partial charge in [-0.15, -0.1) is 12.4 Å². The molecule has 0 aliphatic heterocycles. The van der Waals surface area contributed by atoms with Crippen LogP contribution in [0.25, 0.3) is 0 Å². The number of nitrogens with one attached hydrogen (secondary N) is 1. The van der Waals surface area contributed by atoms with Gasteiger partial charge in [0.25, 0.3) is 5.91 Å². The van der Waals surface area contributed by atoms with Crippen molar-refractivity contribution < 1.29 is 14.7 Å². The highest BCUT2D eigenvalue weighted by Gasteiger charge is 2.13. The van der Waals surface area contributed by atoms with Crippen molar-refractivity contribution in [2.45, 2.75) is 25.8 Å². The molecule has 2 aromatic carbocycles. The van der Waals surface area contributed by atoms with Crippen molar-refractivity contribution in [2.75, 3.05) is 6.54 Å². The van der Waals surface area contributed by atoms with Crippen molar-refractivity contribution in [2.24, 2.45) is 5.73 Å². The van der Waals surface area contributed by atoms with Gasteiger partial charge >= 0.3 is 0 Å². The lowest BCUT2D eigenvalue weighted by molar-refractivity contribution is 0.0987. The molecule has 0 aromatic heterocycles. The number of carbonyl (C=O) groups is 2. The Hall–Kier alpha value is -2.37. The van der Waals surface area contributed by atoms with Crippen LogP contribution in [0, 0.1) is 0 Å². The van der Waals surface area contributed by atoms with E-state index in [0.29, 0.717) is 5.56 Å². The van der Waals surface area contributed by atoms with Crippen LogP contribution < -0.4 is 11.1 Å². The van der Waals surface area contributed by atoms with Crippen LogP contribution in [-0.4, -0.2) is 29.4 Å². The molecule has 0 aliphatic rings. The van der Waals surface area contributed by atoms with Crippen LogP contribution in [0.15, 0.2) is 48.5 Å². The van der Waals surface area contributed by atoms with Gasteiger partial charge in [-0.05, 0) is 43.5 Å². The summed E-state index contributed by atoms with van der Waals surface area (Å²) in [5.74, 6) is -1.13. The summed E-state index contributed by atoms with van der Waals surface area (Å²) >= 11 is 0. The number of Topliss-reactive ketones (excluding diaryl/α,β-unsaturated/α-hetero) is 1. The predicted molar refractivity (Wildman–Crippen MR) is 100 cm³/mol. The van der Waals surface area contributed by atoms with Gasteiger partial charge in [-0.2, -0.15) is 0 Å². The highest BCUT2D eigenvalue weighted by molar-refractivity contribution is 6.02. The predicted octanol–water partition coefficient (Wildman–Crippen LogP) is 2.71. The number of aryl methyl sites for hydroxylation is 1. The molecule has 4 N–H and O–H groups in total. The highest BCUT2D eigenvalue weighted by atomic mass is 35.5. The fourth-order valence-corrected chi connectivity index (χ4v) is 2.41. The first-order chi connectivity index (χ1) is 11.5. The average Bonchev–Trinajstić information content (AvgIpc) is 2.59. The molecule has 1 atom stereocenters. The Kier molecular flexibility index (Phi) is 8.11. The number of rotatable bonds is 8. The van der Waals surface area contributed by atoms with Crippen LogP contribution in [-0.2, 0) is 6.42 Å². The zero-order valence-corrected chi connectivity index (χ0v) is 14.9. The minimum Gasteiger partial charge on any atom is -0.507 e. The second-order valence-electron chi connectivity index (χ2n) is 5.83. The Bertz CT molecular complexity index is 720. The van der Waals surface area contributed by atoms with Crippen LogP contribution in [0.2, 0.25) is 0 Å². The smallest absolute Gasteiger partial charge is 0.252 e. The number of primary amides is 1. The third kappa shape index (κ3) is 6.21. The first kappa shape index (κ1) is 20.7. The topological polar surface area (TPSA) is 92.4 Å². The number of carbonyl (C=O) groups excluding carboxylic acids is 2. The summed E-state index contributed by atoms with van der Waals surface area (Å²) in [6, 6.07) is 14.5. The number of hydrogen-bond donors (Lipinski definition) is 3. The van der Waals surface area contributed by atoms with E-state index >= 15 is 0 Å². The van der Waals surface area contributed by atoms with E-state index < -0.39 is 5.91 Å². The van der Waals surface area contributed by atoms with Crippen LogP contribution in [0.5, 0.6) is 5.75 Å². The molecule has 0 saturated carbocycles. The SMILES string of the molecule is CC(CCc1ccccc1)NCC(=O)c1ccc(O)c(C(N)=O)c1.Cl. The molecule has 5 nitrogen and oxygen atoms in total. The summed E-state index contributed by atoms with van der Waals surface area (Å²) in [5.41, 5.74) is 6.75. The largest absolute Gasteiger partial charge is 0.507 e. The molecule has 0 fully saturated rings. The summed E-state index contributed by atoms with van der Waals surface area (Å²) in [4.78, 5) is 23.4. The Balaban J connectivity index is 0.00000312. The minimum absolute atomic E-state index is 0. The number of ketones is 1. The quantitative estimate of drug-likeness (QED) is 0.629. The molecule has 0 saturated heterocycles.